The van der Waals surface area contributed by atoms with Gasteiger partial charge in [-0.15, -0.1) is 0 Å². The van der Waals surface area contributed by atoms with Crippen LogP contribution in [0.3, 0.4) is 0 Å². The molecule has 23 heavy (non-hydrogen) atoms. The van der Waals surface area contributed by atoms with Gasteiger partial charge in [-0.1, -0.05) is 0 Å². The Hall–Kier alpha value is -2.64. The molecule has 2 amide bonds. The number of rotatable bonds is 4. The Bertz CT molecular complexity index is 608. The average Bonchev–Trinajstić information content (AvgIpc) is 2.42. The van der Waals surface area contributed by atoms with Crippen LogP contribution in [0.25, 0.3) is 0 Å². The normalized spacial score (nSPS) is 10.7. The molecule has 1 rings (SSSR count). The standard InChI is InChI=1S/C15H21N3O5/c1-9-12(13(20)17-8-11(19)22-5)10(6-7-16-9)18-14(21)23-15(2,3)4/h6-7H,8H2,1-5H3,(H,17,20)(H,16,18,21). The van der Waals surface area contributed by atoms with Crippen LogP contribution >= 0.6 is 0 Å². The number of hydrogen-bond donors (Lipinski definition) is 2. The van der Waals surface area contributed by atoms with Gasteiger partial charge in [0, 0.05) is 6.20 Å². The van der Waals surface area contributed by atoms with Gasteiger partial charge in [-0.2, -0.15) is 0 Å². The highest BCUT2D eigenvalue weighted by atomic mass is 16.6. The van der Waals surface area contributed by atoms with E-state index in [-0.39, 0.29) is 17.8 Å². The molecule has 0 aliphatic carbocycles. The van der Waals surface area contributed by atoms with E-state index >= 15 is 0 Å². The van der Waals surface area contributed by atoms with Gasteiger partial charge in [0.2, 0.25) is 0 Å². The van der Waals surface area contributed by atoms with Crippen LogP contribution < -0.4 is 10.6 Å². The van der Waals surface area contributed by atoms with E-state index in [1.54, 1.807) is 27.7 Å². The van der Waals surface area contributed by atoms with E-state index in [9.17, 15) is 14.4 Å². The number of aryl methyl sites for hydroxylation is 1. The van der Waals surface area contributed by atoms with E-state index in [0.717, 1.165) is 0 Å². The van der Waals surface area contributed by atoms with Crippen molar-refractivity contribution in [2.24, 2.45) is 0 Å². The molecule has 0 spiro atoms. The molecular formula is C15H21N3O5. The second-order valence-electron chi connectivity index (χ2n) is 5.70. The Morgan fingerprint density at radius 1 is 1.26 bits per heavy atom. The second kappa shape index (κ2) is 7.57. The van der Waals surface area contributed by atoms with Crippen molar-refractivity contribution in [2.45, 2.75) is 33.3 Å². The highest BCUT2D eigenvalue weighted by Gasteiger charge is 2.21. The van der Waals surface area contributed by atoms with Gasteiger partial charge in [0.05, 0.1) is 24.1 Å². The monoisotopic (exact) mass is 323 g/mol. The SMILES string of the molecule is COC(=O)CNC(=O)c1c(NC(=O)OC(C)(C)C)ccnc1C. The zero-order valence-electron chi connectivity index (χ0n) is 13.9. The summed E-state index contributed by atoms with van der Waals surface area (Å²) in [6.07, 6.45) is 0.768. The summed E-state index contributed by atoms with van der Waals surface area (Å²) in [6, 6.07) is 1.48. The van der Waals surface area contributed by atoms with Gasteiger partial charge in [-0.05, 0) is 33.8 Å². The quantitative estimate of drug-likeness (QED) is 0.816. The fourth-order valence-electron chi connectivity index (χ4n) is 1.68. The van der Waals surface area contributed by atoms with E-state index in [2.05, 4.69) is 20.4 Å². The minimum atomic E-state index is -0.690. The Balaban J connectivity index is 2.93. The Labute approximate surface area is 134 Å². The lowest BCUT2D eigenvalue weighted by molar-refractivity contribution is -0.139. The number of amides is 2. The minimum absolute atomic E-state index is 0.155. The van der Waals surface area contributed by atoms with Crippen molar-refractivity contribution >= 4 is 23.7 Å². The third-order valence-electron chi connectivity index (χ3n) is 2.62. The summed E-state index contributed by atoms with van der Waals surface area (Å²) in [4.78, 5) is 39.2. The predicted octanol–water partition coefficient (Wildman–Crippen LogP) is 1.64. The Morgan fingerprint density at radius 2 is 1.91 bits per heavy atom. The first-order valence-corrected chi connectivity index (χ1v) is 6.94. The molecule has 0 bridgehead atoms. The van der Waals surface area contributed by atoms with Crippen LogP contribution in [0.15, 0.2) is 12.3 Å². The zero-order chi connectivity index (χ0) is 17.6. The number of carbonyl (C=O) groups excluding carboxylic acids is 3. The largest absolute Gasteiger partial charge is 0.468 e. The van der Waals surface area contributed by atoms with Crippen LogP contribution in [0.4, 0.5) is 10.5 Å². The Kier molecular flexibility index (Phi) is 6.06. The third kappa shape index (κ3) is 5.93. The van der Waals surface area contributed by atoms with Gasteiger partial charge in [0.25, 0.3) is 5.91 Å². The number of nitrogens with one attached hydrogen (secondary N) is 2. The van der Waals surface area contributed by atoms with Gasteiger partial charge in [-0.3, -0.25) is 19.9 Å². The molecule has 8 heteroatoms. The van der Waals surface area contributed by atoms with Gasteiger partial charge >= 0.3 is 12.1 Å². The van der Waals surface area contributed by atoms with Crippen molar-refractivity contribution in [3.8, 4) is 0 Å². The zero-order valence-corrected chi connectivity index (χ0v) is 13.9. The molecule has 8 nitrogen and oxygen atoms in total. The highest BCUT2D eigenvalue weighted by molar-refractivity contribution is 6.04. The van der Waals surface area contributed by atoms with Crippen molar-refractivity contribution in [3.63, 3.8) is 0 Å². The summed E-state index contributed by atoms with van der Waals surface area (Å²) in [7, 11) is 1.22. The summed E-state index contributed by atoms with van der Waals surface area (Å²) >= 11 is 0. The Morgan fingerprint density at radius 3 is 2.48 bits per heavy atom. The first-order chi connectivity index (χ1) is 10.6. The summed E-state index contributed by atoms with van der Waals surface area (Å²) in [6.45, 7) is 6.53. The first-order valence-electron chi connectivity index (χ1n) is 6.94. The molecule has 0 atom stereocenters. The highest BCUT2D eigenvalue weighted by Crippen LogP contribution is 2.19. The van der Waals surface area contributed by atoms with Gasteiger partial charge < -0.3 is 14.8 Å². The number of esters is 1. The predicted molar refractivity (Wildman–Crippen MR) is 83.2 cm³/mol. The van der Waals surface area contributed by atoms with Crippen LogP contribution in [-0.4, -0.2) is 42.2 Å². The minimum Gasteiger partial charge on any atom is -0.468 e. The van der Waals surface area contributed by atoms with E-state index in [4.69, 9.17) is 4.74 Å². The molecule has 1 aromatic rings. The molecule has 0 saturated carbocycles. The van der Waals surface area contributed by atoms with Gasteiger partial charge in [-0.25, -0.2) is 4.79 Å². The number of hydrogen-bond acceptors (Lipinski definition) is 6. The molecular weight excluding hydrogens is 302 g/mol. The molecule has 0 aliphatic heterocycles. The van der Waals surface area contributed by atoms with Crippen molar-refractivity contribution in [3.05, 3.63) is 23.5 Å². The maximum atomic E-state index is 12.2. The molecule has 0 fully saturated rings. The topological polar surface area (TPSA) is 107 Å². The molecule has 0 radical (unpaired) electrons. The third-order valence-corrected chi connectivity index (χ3v) is 2.62. The average molecular weight is 323 g/mol. The smallest absolute Gasteiger partial charge is 0.412 e. The van der Waals surface area contributed by atoms with E-state index in [1.807, 2.05) is 0 Å². The summed E-state index contributed by atoms with van der Waals surface area (Å²) < 4.78 is 9.61. The van der Waals surface area contributed by atoms with E-state index < -0.39 is 23.6 Å². The lowest BCUT2D eigenvalue weighted by Gasteiger charge is -2.20. The summed E-state index contributed by atoms with van der Waals surface area (Å²) in [5.41, 5.74) is 0.136. The molecule has 2 N–H and O–H groups in total. The first kappa shape index (κ1) is 18.4. The van der Waals surface area contributed by atoms with E-state index in [0.29, 0.717) is 5.69 Å². The maximum absolute atomic E-state index is 12.2. The number of methoxy groups -OCH3 is 1. The number of anilines is 1. The van der Waals surface area contributed by atoms with Crippen molar-refractivity contribution in [1.82, 2.24) is 10.3 Å². The number of carbonyl (C=O) groups is 3. The van der Waals surface area contributed by atoms with Crippen molar-refractivity contribution in [1.29, 1.82) is 0 Å². The van der Waals surface area contributed by atoms with Crippen molar-refractivity contribution in [2.75, 3.05) is 19.0 Å². The molecule has 1 heterocycles. The van der Waals surface area contributed by atoms with E-state index in [1.165, 1.54) is 19.4 Å². The second-order valence-corrected chi connectivity index (χ2v) is 5.70. The number of nitrogens with zero attached hydrogens (tertiary/aromatic N) is 1. The number of pyridine rings is 1. The summed E-state index contributed by atoms with van der Waals surface area (Å²) in [5, 5.41) is 4.92. The molecule has 0 aromatic carbocycles. The molecule has 1 aromatic heterocycles. The molecule has 126 valence electrons. The van der Waals surface area contributed by atoms with Crippen LogP contribution in [0, 0.1) is 6.92 Å². The summed E-state index contributed by atoms with van der Waals surface area (Å²) in [5.74, 6) is -1.13. The number of aromatic nitrogens is 1. The fraction of sp³-hybridized carbons (Fsp3) is 0.467. The van der Waals surface area contributed by atoms with Crippen LogP contribution in [0.5, 0.6) is 0 Å². The lowest BCUT2D eigenvalue weighted by Crippen LogP contribution is -2.32. The molecule has 0 aliphatic rings. The van der Waals surface area contributed by atoms with Gasteiger partial charge in [0.1, 0.15) is 12.1 Å². The maximum Gasteiger partial charge on any atom is 0.412 e. The van der Waals surface area contributed by atoms with Crippen LogP contribution in [0.1, 0.15) is 36.8 Å². The fourth-order valence-corrected chi connectivity index (χ4v) is 1.68. The molecule has 0 unspecified atom stereocenters. The van der Waals surface area contributed by atoms with Gasteiger partial charge in [0.15, 0.2) is 0 Å². The van der Waals surface area contributed by atoms with Crippen LogP contribution in [0.2, 0.25) is 0 Å². The molecule has 0 saturated heterocycles. The lowest BCUT2D eigenvalue weighted by atomic mass is 10.1. The van der Waals surface area contributed by atoms with Crippen molar-refractivity contribution < 1.29 is 23.9 Å². The number of ether oxygens (including phenoxy) is 2. The van der Waals surface area contributed by atoms with Crippen LogP contribution in [-0.2, 0) is 14.3 Å².